The van der Waals surface area contributed by atoms with Crippen LogP contribution in [0.15, 0.2) is 30.3 Å². The van der Waals surface area contributed by atoms with E-state index in [1.807, 2.05) is 20.8 Å². The third-order valence-electron chi connectivity index (χ3n) is 4.21. The summed E-state index contributed by atoms with van der Waals surface area (Å²) in [4.78, 5) is 11.3. The van der Waals surface area contributed by atoms with Gasteiger partial charge in [-0.15, -0.1) is 0 Å². The van der Waals surface area contributed by atoms with Crippen LogP contribution in [0.5, 0.6) is 11.5 Å². The van der Waals surface area contributed by atoms with Gasteiger partial charge in [-0.25, -0.2) is 4.79 Å². The fourth-order valence-electron chi connectivity index (χ4n) is 2.89. The fourth-order valence-corrected chi connectivity index (χ4v) is 2.89. The molecular weight excluding hydrogens is 330 g/mol. The van der Waals surface area contributed by atoms with Gasteiger partial charge >= 0.3 is 5.97 Å². The van der Waals surface area contributed by atoms with E-state index in [9.17, 15) is 4.79 Å². The summed E-state index contributed by atoms with van der Waals surface area (Å²) in [5.41, 5.74) is 5.49. The number of methoxy groups -OCH3 is 2. The molecule has 2 aromatic rings. The maximum atomic E-state index is 11.3. The van der Waals surface area contributed by atoms with E-state index in [1.165, 1.54) is 18.2 Å². The Morgan fingerprint density at radius 2 is 1.58 bits per heavy atom. The average molecular weight is 357 g/mol. The monoisotopic (exact) mass is 357 g/mol. The number of rotatable bonds is 8. The van der Waals surface area contributed by atoms with E-state index in [4.69, 9.17) is 9.47 Å². The van der Waals surface area contributed by atoms with Crippen molar-refractivity contribution in [2.24, 2.45) is 0 Å². The Labute approximate surface area is 155 Å². The zero-order valence-electron chi connectivity index (χ0n) is 16.1. The standard InChI is InChI=1S/C21H27NO4/c1-14-6-7-17(10-19(14)24-4)11-22-12-18-8-15(2)21(16(3)9-18)26-13-20(23)25-5/h6-10,22H,11-13H2,1-5H3. The number of ether oxygens (including phenoxy) is 3. The molecule has 0 amide bonds. The Balaban J connectivity index is 1.96. The van der Waals surface area contributed by atoms with Gasteiger partial charge in [0.25, 0.3) is 0 Å². The average Bonchev–Trinajstić information content (AvgIpc) is 2.62. The van der Waals surface area contributed by atoms with Gasteiger partial charge in [0.2, 0.25) is 0 Å². The molecule has 140 valence electrons. The molecule has 26 heavy (non-hydrogen) atoms. The van der Waals surface area contributed by atoms with Crippen LogP contribution in [0.25, 0.3) is 0 Å². The molecule has 2 rings (SSSR count). The van der Waals surface area contributed by atoms with Crippen molar-refractivity contribution < 1.29 is 19.0 Å². The first-order chi connectivity index (χ1) is 12.4. The Morgan fingerprint density at radius 3 is 2.19 bits per heavy atom. The number of benzene rings is 2. The van der Waals surface area contributed by atoms with Crippen LogP contribution in [0.3, 0.4) is 0 Å². The number of aryl methyl sites for hydroxylation is 3. The minimum atomic E-state index is -0.386. The predicted molar refractivity (Wildman–Crippen MR) is 102 cm³/mol. The summed E-state index contributed by atoms with van der Waals surface area (Å²) < 4.78 is 15.6. The normalized spacial score (nSPS) is 10.5. The van der Waals surface area contributed by atoms with Crippen LogP contribution in [0.2, 0.25) is 0 Å². The topological polar surface area (TPSA) is 56.8 Å². The summed E-state index contributed by atoms with van der Waals surface area (Å²) >= 11 is 0. The molecule has 0 fully saturated rings. The predicted octanol–water partition coefficient (Wildman–Crippen LogP) is 3.46. The van der Waals surface area contributed by atoms with Crippen molar-refractivity contribution in [3.8, 4) is 11.5 Å². The van der Waals surface area contributed by atoms with E-state index < -0.39 is 0 Å². The van der Waals surface area contributed by atoms with Crippen LogP contribution in [0.1, 0.15) is 27.8 Å². The van der Waals surface area contributed by atoms with Crippen molar-refractivity contribution >= 4 is 5.97 Å². The summed E-state index contributed by atoms with van der Waals surface area (Å²) in [5.74, 6) is 1.26. The molecule has 5 heteroatoms. The van der Waals surface area contributed by atoms with Crippen molar-refractivity contribution in [2.75, 3.05) is 20.8 Å². The van der Waals surface area contributed by atoms with Crippen molar-refractivity contribution in [2.45, 2.75) is 33.9 Å². The number of hydrogen-bond donors (Lipinski definition) is 1. The fraction of sp³-hybridized carbons (Fsp3) is 0.381. The zero-order valence-corrected chi connectivity index (χ0v) is 16.1. The molecule has 0 radical (unpaired) electrons. The van der Waals surface area contributed by atoms with Crippen molar-refractivity contribution in [1.29, 1.82) is 0 Å². The Kier molecular flexibility index (Phi) is 7.04. The summed E-state index contributed by atoms with van der Waals surface area (Å²) in [6, 6.07) is 10.4. The molecule has 0 aliphatic rings. The number of nitrogens with one attached hydrogen (secondary N) is 1. The smallest absolute Gasteiger partial charge is 0.343 e. The van der Waals surface area contributed by atoms with E-state index in [-0.39, 0.29) is 12.6 Å². The van der Waals surface area contributed by atoms with Crippen LogP contribution in [-0.2, 0) is 22.6 Å². The van der Waals surface area contributed by atoms with Crippen molar-refractivity contribution in [1.82, 2.24) is 5.32 Å². The lowest BCUT2D eigenvalue weighted by atomic mass is 10.1. The van der Waals surface area contributed by atoms with Gasteiger partial charge in [-0.3, -0.25) is 0 Å². The number of esters is 1. The molecule has 0 aliphatic carbocycles. The highest BCUT2D eigenvalue weighted by Gasteiger charge is 2.09. The maximum absolute atomic E-state index is 11.3. The maximum Gasteiger partial charge on any atom is 0.343 e. The highest BCUT2D eigenvalue weighted by molar-refractivity contribution is 5.71. The second-order valence-electron chi connectivity index (χ2n) is 6.33. The summed E-state index contributed by atoms with van der Waals surface area (Å²) in [7, 11) is 3.04. The van der Waals surface area contributed by atoms with Crippen LogP contribution in [-0.4, -0.2) is 26.8 Å². The lowest BCUT2D eigenvalue weighted by Gasteiger charge is -2.14. The second kappa shape index (κ2) is 9.25. The first kappa shape index (κ1) is 19.8. The van der Waals surface area contributed by atoms with Crippen LogP contribution in [0, 0.1) is 20.8 Å². The van der Waals surface area contributed by atoms with Gasteiger partial charge in [0.05, 0.1) is 14.2 Å². The van der Waals surface area contributed by atoms with E-state index >= 15 is 0 Å². The molecule has 0 unspecified atom stereocenters. The highest BCUT2D eigenvalue weighted by atomic mass is 16.6. The summed E-state index contributed by atoms with van der Waals surface area (Å²) in [5, 5.41) is 3.45. The summed E-state index contributed by atoms with van der Waals surface area (Å²) in [6.45, 7) is 7.42. The molecular formula is C21H27NO4. The summed E-state index contributed by atoms with van der Waals surface area (Å²) in [6.07, 6.45) is 0. The molecule has 0 atom stereocenters. The Bertz CT molecular complexity index is 748. The molecule has 0 bridgehead atoms. The van der Waals surface area contributed by atoms with Gasteiger partial charge in [-0.05, 0) is 54.7 Å². The minimum absolute atomic E-state index is 0.0783. The van der Waals surface area contributed by atoms with Gasteiger partial charge in [-0.2, -0.15) is 0 Å². The SMILES string of the molecule is COC(=O)COc1c(C)cc(CNCc2ccc(C)c(OC)c2)cc1C. The molecule has 2 aromatic carbocycles. The van der Waals surface area contributed by atoms with Gasteiger partial charge < -0.3 is 19.5 Å². The minimum Gasteiger partial charge on any atom is -0.496 e. The third-order valence-corrected chi connectivity index (χ3v) is 4.21. The van der Waals surface area contributed by atoms with E-state index in [0.29, 0.717) is 0 Å². The van der Waals surface area contributed by atoms with Gasteiger partial charge in [0, 0.05) is 13.1 Å². The zero-order chi connectivity index (χ0) is 19.1. The van der Waals surface area contributed by atoms with E-state index in [1.54, 1.807) is 7.11 Å². The quantitative estimate of drug-likeness (QED) is 0.733. The Hall–Kier alpha value is -2.53. The molecule has 0 saturated carbocycles. The lowest BCUT2D eigenvalue weighted by Crippen LogP contribution is -2.15. The van der Waals surface area contributed by atoms with Crippen molar-refractivity contribution in [3.05, 3.63) is 58.1 Å². The number of carbonyl (C=O) groups is 1. The molecule has 1 N–H and O–H groups in total. The first-order valence-electron chi connectivity index (χ1n) is 8.58. The van der Waals surface area contributed by atoms with Gasteiger partial charge in [0.15, 0.2) is 6.61 Å². The van der Waals surface area contributed by atoms with Crippen LogP contribution in [0.4, 0.5) is 0 Å². The molecule has 0 aromatic heterocycles. The second-order valence-corrected chi connectivity index (χ2v) is 6.33. The highest BCUT2D eigenvalue weighted by Crippen LogP contribution is 2.25. The molecule has 0 saturated heterocycles. The van der Waals surface area contributed by atoms with Gasteiger partial charge in [-0.1, -0.05) is 24.3 Å². The van der Waals surface area contributed by atoms with Gasteiger partial charge in [0.1, 0.15) is 11.5 Å². The molecule has 0 heterocycles. The van der Waals surface area contributed by atoms with E-state index in [0.717, 1.165) is 41.3 Å². The number of carbonyl (C=O) groups excluding carboxylic acids is 1. The van der Waals surface area contributed by atoms with Crippen LogP contribution >= 0.6 is 0 Å². The lowest BCUT2D eigenvalue weighted by molar-refractivity contribution is -0.142. The Morgan fingerprint density at radius 1 is 0.923 bits per heavy atom. The number of hydrogen-bond acceptors (Lipinski definition) is 5. The van der Waals surface area contributed by atoms with E-state index in [2.05, 4.69) is 40.4 Å². The third kappa shape index (κ3) is 5.23. The molecule has 0 spiro atoms. The first-order valence-corrected chi connectivity index (χ1v) is 8.58. The molecule has 0 aliphatic heterocycles. The largest absolute Gasteiger partial charge is 0.496 e. The van der Waals surface area contributed by atoms with Crippen LogP contribution < -0.4 is 14.8 Å². The molecule has 5 nitrogen and oxygen atoms in total. The van der Waals surface area contributed by atoms with Crippen molar-refractivity contribution in [3.63, 3.8) is 0 Å².